The first kappa shape index (κ1) is 16.0. The van der Waals surface area contributed by atoms with Gasteiger partial charge in [-0.2, -0.15) is 0 Å². The summed E-state index contributed by atoms with van der Waals surface area (Å²) < 4.78 is 5.03. The van der Waals surface area contributed by atoms with Gasteiger partial charge in [-0.3, -0.25) is 0 Å². The molecule has 0 saturated carbocycles. The Morgan fingerprint density at radius 2 is 2.12 bits per heavy atom. The number of hydrogen-bond acceptors (Lipinski definition) is 6. The molecule has 2 aromatic heterocycles. The molecule has 0 saturated heterocycles. The molecule has 0 aliphatic rings. The molecular formula is C17H14ClN3O3. The number of fused-ring (bicyclic) bond motifs is 1. The summed E-state index contributed by atoms with van der Waals surface area (Å²) in [6, 6.07) is 8.06. The Kier molecular flexibility index (Phi) is 4.22. The smallest absolute Gasteiger partial charge is 0.340 e. The molecule has 0 aliphatic carbocycles. The van der Waals surface area contributed by atoms with Crippen LogP contribution >= 0.6 is 11.6 Å². The fourth-order valence-electron chi connectivity index (χ4n) is 2.37. The average Bonchev–Trinajstić information content (AvgIpc) is 2.55. The molecule has 3 rings (SSSR count). The quantitative estimate of drug-likeness (QED) is 0.707. The number of nitrogens with zero attached hydrogens (tertiary/aromatic N) is 2. The highest BCUT2D eigenvalue weighted by Crippen LogP contribution is 2.32. The van der Waals surface area contributed by atoms with E-state index in [0.717, 1.165) is 0 Å². The van der Waals surface area contributed by atoms with Crippen LogP contribution in [0.5, 0.6) is 5.75 Å². The van der Waals surface area contributed by atoms with Crippen molar-refractivity contribution in [3.63, 3.8) is 0 Å². The zero-order chi connectivity index (χ0) is 17.3. The van der Waals surface area contributed by atoms with Gasteiger partial charge in [0.1, 0.15) is 17.1 Å². The van der Waals surface area contributed by atoms with E-state index in [1.54, 1.807) is 25.1 Å². The van der Waals surface area contributed by atoms with Crippen molar-refractivity contribution in [3.05, 3.63) is 47.1 Å². The molecule has 3 N–H and O–H groups in total. The van der Waals surface area contributed by atoms with Gasteiger partial charge in [-0.05, 0) is 37.3 Å². The van der Waals surface area contributed by atoms with Crippen LogP contribution in [0, 0.1) is 0 Å². The van der Waals surface area contributed by atoms with E-state index in [2.05, 4.69) is 9.97 Å². The van der Waals surface area contributed by atoms with E-state index >= 15 is 0 Å². The maximum absolute atomic E-state index is 12.0. The number of nitrogen functional groups attached to an aromatic ring is 1. The SMILES string of the molecule is CCOC(=O)c1cnc(N)c2nc(-c3ccc(O)cc3Cl)ccc12. The van der Waals surface area contributed by atoms with Crippen LogP contribution in [0.1, 0.15) is 17.3 Å². The number of aromatic hydroxyl groups is 1. The minimum absolute atomic E-state index is 0.0651. The first-order valence-electron chi connectivity index (χ1n) is 7.22. The molecule has 0 fully saturated rings. The van der Waals surface area contributed by atoms with Gasteiger partial charge in [-0.1, -0.05) is 11.6 Å². The van der Waals surface area contributed by atoms with Crippen LogP contribution in [-0.2, 0) is 4.74 Å². The Morgan fingerprint density at radius 1 is 1.33 bits per heavy atom. The number of aromatic nitrogens is 2. The van der Waals surface area contributed by atoms with Crippen molar-refractivity contribution in [1.29, 1.82) is 0 Å². The fourth-order valence-corrected chi connectivity index (χ4v) is 2.64. The lowest BCUT2D eigenvalue weighted by Gasteiger charge is -2.10. The van der Waals surface area contributed by atoms with E-state index < -0.39 is 5.97 Å². The number of carbonyl (C=O) groups is 1. The summed E-state index contributed by atoms with van der Waals surface area (Å²) in [5, 5.41) is 10.4. The third-order valence-electron chi connectivity index (χ3n) is 3.48. The highest BCUT2D eigenvalue weighted by molar-refractivity contribution is 6.33. The van der Waals surface area contributed by atoms with Gasteiger partial charge in [0, 0.05) is 17.1 Å². The second-order valence-electron chi connectivity index (χ2n) is 5.03. The number of phenolic OH excluding ortho intramolecular Hbond substituents is 1. The Balaban J connectivity index is 2.18. The van der Waals surface area contributed by atoms with Gasteiger partial charge in [0.15, 0.2) is 0 Å². The molecule has 24 heavy (non-hydrogen) atoms. The molecule has 0 amide bonds. The maximum Gasteiger partial charge on any atom is 0.340 e. The number of benzene rings is 1. The van der Waals surface area contributed by atoms with Crippen LogP contribution in [-0.4, -0.2) is 27.7 Å². The zero-order valence-electron chi connectivity index (χ0n) is 12.8. The van der Waals surface area contributed by atoms with E-state index in [-0.39, 0.29) is 18.2 Å². The molecule has 122 valence electrons. The molecule has 7 heteroatoms. The van der Waals surface area contributed by atoms with Crippen molar-refractivity contribution in [1.82, 2.24) is 9.97 Å². The maximum atomic E-state index is 12.0. The molecule has 0 aliphatic heterocycles. The van der Waals surface area contributed by atoms with Crippen molar-refractivity contribution in [2.24, 2.45) is 0 Å². The van der Waals surface area contributed by atoms with Crippen molar-refractivity contribution in [2.45, 2.75) is 6.92 Å². The van der Waals surface area contributed by atoms with Crippen molar-refractivity contribution < 1.29 is 14.6 Å². The molecule has 6 nitrogen and oxygen atoms in total. The van der Waals surface area contributed by atoms with Gasteiger partial charge in [0.05, 0.1) is 22.9 Å². The summed E-state index contributed by atoms with van der Waals surface area (Å²) in [6.45, 7) is 1.99. The number of nitrogens with two attached hydrogens (primary N) is 1. The van der Waals surface area contributed by atoms with E-state index in [1.807, 2.05) is 0 Å². The molecule has 0 unspecified atom stereocenters. The summed E-state index contributed by atoms with van der Waals surface area (Å²) >= 11 is 6.16. The highest BCUT2D eigenvalue weighted by Gasteiger charge is 2.16. The van der Waals surface area contributed by atoms with Crippen molar-refractivity contribution in [2.75, 3.05) is 12.3 Å². The normalized spacial score (nSPS) is 10.8. The topological polar surface area (TPSA) is 98.3 Å². The Hall–Kier alpha value is -2.86. The van der Waals surface area contributed by atoms with Crippen LogP contribution in [0.2, 0.25) is 5.02 Å². The van der Waals surface area contributed by atoms with E-state index in [9.17, 15) is 9.90 Å². The number of rotatable bonds is 3. The number of carbonyl (C=O) groups excluding carboxylic acids is 1. The lowest BCUT2D eigenvalue weighted by molar-refractivity contribution is 0.0528. The van der Waals surface area contributed by atoms with Crippen LogP contribution in [0.4, 0.5) is 5.82 Å². The fraction of sp³-hybridized carbons (Fsp3) is 0.118. The summed E-state index contributed by atoms with van der Waals surface area (Å²) in [5.74, 6) is -0.211. The van der Waals surface area contributed by atoms with Gasteiger partial charge in [-0.25, -0.2) is 14.8 Å². The number of esters is 1. The van der Waals surface area contributed by atoms with Crippen molar-refractivity contribution >= 4 is 34.3 Å². The number of phenols is 1. The molecule has 2 heterocycles. The van der Waals surface area contributed by atoms with E-state index in [0.29, 0.717) is 32.7 Å². The summed E-state index contributed by atoms with van der Waals surface area (Å²) in [7, 11) is 0. The molecular weight excluding hydrogens is 330 g/mol. The number of ether oxygens (including phenoxy) is 1. The van der Waals surface area contributed by atoms with Gasteiger partial charge in [0.2, 0.25) is 0 Å². The Bertz CT molecular complexity index is 944. The standard InChI is InChI=1S/C17H14ClN3O3/c1-2-24-17(23)12-8-20-16(19)15-10(12)5-6-14(21-15)11-4-3-9(22)7-13(11)18/h3-8,22H,2H2,1H3,(H2,19,20). The van der Waals surface area contributed by atoms with Crippen LogP contribution in [0.15, 0.2) is 36.5 Å². The predicted molar refractivity (Wildman–Crippen MR) is 92.0 cm³/mol. The van der Waals surface area contributed by atoms with Crippen LogP contribution in [0.3, 0.4) is 0 Å². The third kappa shape index (κ3) is 2.83. The molecule has 3 aromatic rings. The van der Waals surface area contributed by atoms with Crippen molar-refractivity contribution in [3.8, 4) is 17.0 Å². The van der Waals surface area contributed by atoms with Gasteiger partial charge in [-0.15, -0.1) is 0 Å². The highest BCUT2D eigenvalue weighted by atomic mass is 35.5. The first-order chi connectivity index (χ1) is 11.5. The van der Waals surface area contributed by atoms with Crippen LogP contribution in [0.25, 0.3) is 22.2 Å². The van der Waals surface area contributed by atoms with Gasteiger partial charge < -0.3 is 15.6 Å². The average molecular weight is 344 g/mol. The molecule has 1 aromatic carbocycles. The van der Waals surface area contributed by atoms with E-state index in [4.69, 9.17) is 22.1 Å². The summed E-state index contributed by atoms with van der Waals surface area (Å²) in [4.78, 5) is 20.5. The number of halogens is 1. The largest absolute Gasteiger partial charge is 0.508 e. The second-order valence-corrected chi connectivity index (χ2v) is 5.44. The number of hydrogen-bond donors (Lipinski definition) is 2. The molecule has 0 atom stereocenters. The lowest BCUT2D eigenvalue weighted by Crippen LogP contribution is -2.08. The third-order valence-corrected chi connectivity index (χ3v) is 3.80. The zero-order valence-corrected chi connectivity index (χ0v) is 13.5. The van der Waals surface area contributed by atoms with E-state index in [1.165, 1.54) is 18.3 Å². The molecule has 0 bridgehead atoms. The summed E-state index contributed by atoms with van der Waals surface area (Å²) in [5.41, 5.74) is 7.80. The monoisotopic (exact) mass is 343 g/mol. The van der Waals surface area contributed by atoms with Crippen LogP contribution < -0.4 is 5.73 Å². The predicted octanol–water partition coefficient (Wildman–Crippen LogP) is 3.41. The minimum atomic E-state index is -0.479. The lowest BCUT2D eigenvalue weighted by atomic mass is 10.1. The van der Waals surface area contributed by atoms with Gasteiger partial charge >= 0.3 is 5.97 Å². The number of pyridine rings is 2. The molecule has 0 spiro atoms. The number of anilines is 1. The second kappa shape index (κ2) is 6.33. The minimum Gasteiger partial charge on any atom is -0.508 e. The van der Waals surface area contributed by atoms with Gasteiger partial charge in [0.25, 0.3) is 0 Å². The Morgan fingerprint density at radius 3 is 2.83 bits per heavy atom. The Labute approximate surface area is 142 Å². The summed E-state index contributed by atoms with van der Waals surface area (Å²) in [6.07, 6.45) is 1.38. The first-order valence-corrected chi connectivity index (χ1v) is 7.60. The molecule has 0 radical (unpaired) electrons.